The number of aromatic nitrogens is 2. The van der Waals surface area contributed by atoms with Gasteiger partial charge in [-0.3, -0.25) is 9.20 Å². The van der Waals surface area contributed by atoms with E-state index in [1.165, 1.54) is 22.6 Å². The minimum Gasteiger partial charge on any atom is -0.455 e. The lowest BCUT2D eigenvalue weighted by molar-refractivity contribution is 0.0473. The Morgan fingerprint density at radius 1 is 1.27 bits per heavy atom. The van der Waals surface area contributed by atoms with Crippen LogP contribution in [0.4, 0.5) is 4.39 Å². The predicted octanol–water partition coefficient (Wildman–Crippen LogP) is 3.71. The molecule has 4 rings (SSSR count). The van der Waals surface area contributed by atoms with Crippen molar-refractivity contribution in [2.24, 2.45) is 0 Å². The fourth-order valence-electron chi connectivity index (χ4n) is 2.66. The molecule has 0 fully saturated rings. The highest BCUT2D eigenvalue weighted by atomic mass is 32.1. The summed E-state index contributed by atoms with van der Waals surface area (Å²) in [5.74, 6) is -0.950. The topological polar surface area (TPSA) is 60.7 Å². The van der Waals surface area contributed by atoms with E-state index in [4.69, 9.17) is 4.74 Å². The van der Waals surface area contributed by atoms with Gasteiger partial charge >= 0.3 is 5.97 Å². The van der Waals surface area contributed by atoms with Crippen LogP contribution < -0.4 is 5.56 Å². The van der Waals surface area contributed by atoms with Crippen LogP contribution in [0.2, 0.25) is 0 Å². The van der Waals surface area contributed by atoms with Gasteiger partial charge in [0.1, 0.15) is 22.9 Å². The SMILES string of the molecule is Cc1ccn2c(=O)cc(COC(=O)c3cc4c(F)cccc4s3)nc2c1. The number of fused-ring (bicyclic) bond motifs is 2. The molecular formula is C19H13FN2O3S. The van der Waals surface area contributed by atoms with E-state index in [1.807, 2.05) is 13.0 Å². The summed E-state index contributed by atoms with van der Waals surface area (Å²) in [6.45, 7) is 1.77. The summed E-state index contributed by atoms with van der Waals surface area (Å²) >= 11 is 1.16. The lowest BCUT2D eigenvalue weighted by Gasteiger charge is -2.05. The van der Waals surface area contributed by atoms with Crippen molar-refractivity contribution < 1.29 is 13.9 Å². The number of esters is 1. The molecule has 3 aromatic heterocycles. The maximum absolute atomic E-state index is 13.7. The van der Waals surface area contributed by atoms with Gasteiger partial charge in [0.15, 0.2) is 0 Å². The van der Waals surface area contributed by atoms with Gasteiger partial charge in [-0.1, -0.05) is 6.07 Å². The van der Waals surface area contributed by atoms with Crippen LogP contribution in [0.5, 0.6) is 0 Å². The van der Waals surface area contributed by atoms with E-state index in [9.17, 15) is 14.0 Å². The minimum absolute atomic E-state index is 0.130. The highest BCUT2D eigenvalue weighted by Gasteiger charge is 2.14. The largest absolute Gasteiger partial charge is 0.455 e. The molecule has 26 heavy (non-hydrogen) atoms. The monoisotopic (exact) mass is 368 g/mol. The van der Waals surface area contributed by atoms with Crippen LogP contribution in [0.3, 0.4) is 0 Å². The minimum atomic E-state index is -0.572. The van der Waals surface area contributed by atoms with Gasteiger partial charge in [0.25, 0.3) is 5.56 Å². The van der Waals surface area contributed by atoms with Crippen LogP contribution in [0, 0.1) is 12.7 Å². The Morgan fingerprint density at radius 2 is 2.12 bits per heavy atom. The number of pyridine rings is 1. The van der Waals surface area contributed by atoms with E-state index in [0.29, 0.717) is 26.3 Å². The van der Waals surface area contributed by atoms with E-state index >= 15 is 0 Å². The van der Waals surface area contributed by atoms with Crippen LogP contribution in [0.15, 0.2) is 53.5 Å². The molecule has 0 amide bonds. The maximum Gasteiger partial charge on any atom is 0.348 e. The third kappa shape index (κ3) is 2.97. The molecule has 0 bridgehead atoms. The number of thiophene rings is 1. The van der Waals surface area contributed by atoms with Crippen LogP contribution in [-0.2, 0) is 11.3 Å². The summed E-state index contributed by atoms with van der Waals surface area (Å²) in [5.41, 5.74) is 1.58. The Kier molecular flexibility index (Phi) is 4.00. The fourth-order valence-corrected chi connectivity index (χ4v) is 3.63. The number of ether oxygens (including phenoxy) is 1. The second kappa shape index (κ2) is 6.34. The third-order valence-corrected chi connectivity index (χ3v) is 5.02. The molecule has 1 aromatic carbocycles. The summed E-state index contributed by atoms with van der Waals surface area (Å²) in [5, 5.41) is 0.391. The number of carbonyl (C=O) groups is 1. The van der Waals surface area contributed by atoms with E-state index in [-0.39, 0.29) is 18.0 Å². The second-order valence-electron chi connectivity index (χ2n) is 5.86. The quantitative estimate of drug-likeness (QED) is 0.517. The normalized spacial score (nSPS) is 11.2. The molecule has 0 saturated heterocycles. The molecule has 5 nitrogen and oxygen atoms in total. The molecule has 7 heteroatoms. The summed E-state index contributed by atoms with van der Waals surface area (Å²) < 4.78 is 21.1. The Morgan fingerprint density at radius 3 is 2.92 bits per heavy atom. The van der Waals surface area contributed by atoms with E-state index in [0.717, 1.165) is 16.9 Å². The van der Waals surface area contributed by atoms with Gasteiger partial charge in [-0.15, -0.1) is 11.3 Å². The van der Waals surface area contributed by atoms with Crippen molar-refractivity contribution >= 4 is 33.0 Å². The molecule has 0 N–H and O–H groups in total. The number of carbonyl (C=O) groups excluding carboxylic acids is 1. The number of benzene rings is 1. The summed E-state index contributed by atoms with van der Waals surface area (Å²) in [4.78, 5) is 29.0. The molecule has 3 heterocycles. The lowest BCUT2D eigenvalue weighted by atomic mass is 10.2. The molecule has 0 saturated carbocycles. The van der Waals surface area contributed by atoms with Gasteiger partial charge in [0.05, 0.1) is 5.69 Å². The zero-order valence-corrected chi connectivity index (χ0v) is 14.5. The van der Waals surface area contributed by atoms with Gasteiger partial charge in [0.2, 0.25) is 0 Å². The smallest absolute Gasteiger partial charge is 0.348 e. The van der Waals surface area contributed by atoms with Gasteiger partial charge in [0, 0.05) is 22.3 Å². The van der Waals surface area contributed by atoms with Crippen LogP contribution >= 0.6 is 11.3 Å². The first kappa shape index (κ1) is 16.4. The van der Waals surface area contributed by atoms with Crippen molar-refractivity contribution in [1.29, 1.82) is 0 Å². The molecule has 130 valence electrons. The molecule has 4 aromatic rings. The van der Waals surface area contributed by atoms with Crippen molar-refractivity contribution in [2.45, 2.75) is 13.5 Å². The number of aryl methyl sites for hydroxylation is 1. The molecule has 0 spiro atoms. The number of hydrogen-bond acceptors (Lipinski definition) is 5. The van der Waals surface area contributed by atoms with Gasteiger partial charge in [-0.25, -0.2) is 14.2 Å². The highest BCUT2D eigenvalue weighted by Crippen LogP contribution is 2.28. The first-order valence-electron chi connectivity index (χ1n) is 7.85. The molecule has 0 aliphatic rings. The molecule has 0 aliphatic heterocycles. The second-order valence-corrected chi connectivity index (χ2v) is 6.94. The van der Waals surface area contributed by atoms with E-state index in [1.54, 1.807) is 24.4 Å². The maximum atomic E-state index is 13.7. The van der Waals surface area contributed by atoms with Gasteiger partial charge in [-0.2, -0.15) is 0 Å². The summed E-state index contributed by atoms with van der Waals surface area (Å²) in [6, 6.07) is 11.1. The van der Waals surface area contributed by atoms with Crippen LogP contribution in [0.1, 0.15) is 20.9 Å². The van der Waals surface area contributed by atoms with Crippen molar-refractivity contribution in [3.63, 3.8) is 0 Å². The van der Waals surface area contributed by atoms with E-state index in [2.05, 4.69) is 4.98 Å². The Balaban J connectivity index is 1.58. The standard InChI is InChI=1S/C19H13FN2O3S/c1-11-5-6-22-17(7-11)21-12(8-18(22)23)10-25-19(24)16-9-13-14(20)3-2-4-15(13)26-16/h2-9H,10H2,1H3. The molecule has 0 atom stereocenters. The summed E-state index contributed by atoms with van der Waals surface area (Å²) in [7, 11) is 0. The van der Waals surface area contributed by atoms with Crippen molar-refractivity contribution in [1.82, 2.24) is 9.38 Å². The zero-order chi connectivity index (χ0) is 18.3. The number of hydrogen-bond donors (Lipinski definition) is 0. The van der Waals surface area contributed by atoms with Gasteiger partial charge in [-0.05, 0) is 42.8 Å². The van der Waals surface area contributed by atoms with Crippen LogP contribution in [-0.4, -0.2) is 15.4 Å². The molecule has 0 radical (unpaired) electrons. The van der Waals surface area contributed by atoms with Crippen molar-refractivity contribution in [2.75, 3.05) is 0 Å². The fraction of sp³-hybridized carbons (Fsp3) is 0.105. The number of halogens is 1. The Labute approximate surface area is 151 Å². The van der Waals surface area contributed by atoms with Gasteiger partial charge < -0.3 is 4.74 Å². The number of nitrogens with zero attached hydrogens (tertiary/aromatic N) is 2. The predicted molar refractivity (Wildman–Crippen MR) is 97.1 cm³/mol. The average molecular weight is 368 g/mol. The zero-order valence-electron chi connectivity index (χ0n) is 13.7. The summed E-state index contributed by atoms with van der Waals surface area (Å²) in [6.07, 6.45) is 1.65. The average Bonchev–Trinajstić information content (AvgIpc) is 3.05. The number of rotatable bonds is 3. The Hall–Kier alpha value is -3.06. The van der Waals surface area contributed by atoms with Crippen molar-refractivity contribution in [3.8, 4) is 0 Å². The van der Waals surface area contributed by atoms with E-state index < -0.39 is 5.97 Å². The third-order valence-electron chi connectivity index (χ3n) is 3.94. The molecular weight excluding hydrogens is 355 g/mol. The van der Waals surface area contributed by atoms with Crippen LogP contribution in [0.25, 0.3) is 15.7 Å². The lowest BCUT2D eigenvalue weighted by Crippen LogP contribution is -2.16. The molecule has 0 unspecified atom stereocenters. The molecule has 0 aliphatic carbocycles. The van der Waals surface area contributed by atoms with Crippen molar-refractivity contribution in [3.05, 3.63) is 81.0 Å². The first-order valence-corrected chi connectivity index (χ1v) is 8.67. The first-order chi connectivity index (χ1) is 12.5. The highest BCUT2D eigenvalue weighted by molar-refractivity contribution is 7.20. The Bertz CT molecular complexity index is 1210.